The van der Waals surface area contributed by atoms with E-state index in [1.54, 1.807) is 40.0 Å². The summed E-state index contributed by atoms with van der Waals surface area (Å²) in [6, 6.07) is 9.12. The molecule has 2 aromatic rings. The van der Waals surface area contributed by atoms with Crippen molar-refractivity contribution < 1.29 is 33.7 Å². The van der Waals surface area contributed by atoms with Crippen molar-refractivity contribution in [2.75, 3.05) is 35.0 Å². The first-order chi connectivity index (χ1) is 14.5. The van der Waals surface area contributed by atoms with Crippen LogP contribution in [-0.4, -0.2) is 46.2 Å². The van der Waals surface area contributed by atoms with Crippen LogP contribution in [0.25, 0.3) is 5.57 Å². The molecule has 0 aliphatic heterocycles. The Balaban J connectivity index is 2.28. The molecule has 8 nitrogen and oxygen atoms in total. The van der Waals surface area contributed by atoms with Crippen LogP contribution in [0.1, 0.15) is 24.0 Å². The average molecular weight is 417 g/mol. The van der Waals surface area contributed by atoms with Crippen molar-refractivity contribution in [3.63, 3.8) is 0 Å². The van der Waals surface area contributed by atoms with E-state index in [-0.39, 0.29) is 13.0 Å². The maximum absolute atomic E-state index is 11.1. The number of ether oxygens (including phenoxy) is 5. The molecule has 2 rings (SSSR count). The van der Waals surface area contributed by atoms with E-state index < -0.39 is 5.91 Å². The van der Waals surface area contributed by atoms with Crippen LogP contribution in [0.15, 0.2) is 36.9 Å². The van der Waals surface area contributed by atoms with Crippen LogP contribution in [-0.2, 0) is 4.79 Å². The molecule has 0 heterocycles. The summed E-state index contributed by atoms with van der Waals surface area (Å²) in [5.74, 6) is 2.17. The van der Waals surface area contributed by atoms with Gasteiger partial charge in [0.25, 0.3) is 0 Å². The van der Waals surface area contributed by atoms with Crippen LogP contribution in [0, 0.1) is 0 Å². The molecule has 30 heavy (non-hydrogen) atoms. The number of hydrogen-bond donors (Lipinski definition) is 2. The Bertz CT molecular complexity index is 870. The second kappa shape index (κ2) is 11.0. The summed E-state index contributed by atoms with van der Waals surface area (Å²) in [6.45, 7) is 4.48. The van der Waals surface area contributed by atoms with Gasteiger partial charge in [0, 0.05) is 6.42 Å². The van der Waals surface area contributed by atoms with Crippen LogP contribution in [0.4, 0.5) is 0 Å². The number of carbonyl (C=O) groups excluding carboxylic acids is 1. The Morgan fingerprint density at radius 1 is 0.900 bits per heavy atom. The maximum Gasteiger partial charge on any atom is 0.243 e. The Kier molecular flexibility index (Phi) is 8.37. The first-order valence-electron chi connectivity index (χ1n) is 9.22. The van der Waals surface area contributed by atoms with Gasteiger partial charge in [-0.1, -0.05) is 12.6 Å². The quantitative estimate of drug-likeness (QED) is 0.328. The topological polar surface area (TPSA) is 95.5 Å². The van der Waals surface area contributed by atoms with E-state index in [9.17, 15) is 4.79 Å². The zero-order valence-corrected chi connectivity index (χ0v) is 17.6. The first-order valence-corrected chi connectivity index (χ1v) is 9.22. The minimum Gasteiger partial charge on any atom is -0.493 e. The van der Waals surface area contributed by atoms with E-state index >= 15 is 0 Å². The summed E-state index contributed by atoms with van der Waals surface area (Å²) in [7, 11) is 6.21. The molecule has 0 aromatic heterocycles. The van der Waals surface area contributed by atoms with Gasteiger partial charge in [0.15, 0.2) is 23.0 Å². The fraction of sp³-hybridized carbons (Fsp3) is 0.318. The van der Waals surface area contributed by atoms with Gasteiger partial charge in [-0.25, -0.2) is 5.48 Å². The normalized spacial score (nSPS) is 10.2. The van der Waals surface area contributed by atoms with Gasteiger partial charge in [-0.2, -0.15) is 0 Å². The molecule has 0 aliphatic rings. The summed E-state index contributed by atoms with van der Waals surface area (Å²) in [4.78, 5) is 11.1. The van der Waals surface area contributed by atoms with E-state index in [1.165, 1.54) is 0 Å². The smallest absolute Gasteiger partial charge is 0.243 e. The first kappa shape index (κ1) is 22.9. The van der Waals surface area contributed by atoms with E-state index in [0.717, 1.165) is 16.7 Å². The van der Waals surface area contributed by atoms with Crippen LogP contribution in [0.5, 0.6) is 28.7 Å². The average Bonchev–Trinajstić information content (AvgIpc) is 2.79. The minimum absolute atomic E-state index is 0.149. The second-order valence-corrected chi connectivity index (χ2v) is 6.25. The van der Waals surface area contributed by atoms with Crippen molar-refractivity contribution in [2.45, 2.75) is 12.8 Å². The number of methoxy groups -OCH3 is 4. The van der Waals surface area contributed by atoms with Crippen molar-refractivity contribution >= 4 is 11.5 Å². The molecule has 0 saturated carbocycles. The third kappa shape index (κ3) is 5.36. The molecule has 0 unspecified atom stereocenters. The van der Waals surface area contributed by atoms with E-state index in [1.807, 2.05) is 24.3 Å². The fourth-order valence-electron chi connectivity index (χ4n) is 2.87. The molecular formula is C22H27NO7. The molecule has 0 radical (unpaired) electrons. The minimum atomic E-state index is -0.463. The molecule has 0 atom stereocenters. The van der Waals surface area contributed by atoms with Crippen LogP contribution in [0.2, 0.25) is 0 Å². The highest BCUT2D eigenvalue weighted by Crippen LogP contribution is 2.41. The molecular weight excluding hydrogens is 390 g/mol. The Labute approximate surface area is 175 Å². The lowest BCUT2D eigenvalue weighted by molar-refractivity contribution is -0.129. The molecule has 2 aromatic carbocycles. The lowest BCUT2D eigenvalue weighted by atomic mass is 9.98. The summed E-state index contributed by atoms with van der Waals surface area (Å²) < 4.78 is 27.3. The van der Waals surface area contributed by atoms with Crippen LogP contribution in [0.3, 0.4) is 0 Å². The van der Waals surface area contributed by atoms with Crippen LogP contribution >= 0.6 is 0 Å². The summed E-state index contributed by atoms with van der Waals surface area (Å²) in [5.41, 5.74) is 3.92. The predicted molar refractivity (Wildman–Crippen MR) is 112 cm³/mol. The fourth-order valence-corrected chi connectivity index (χ4v) is 2.87. The standard InChI is InChI=1S/C22H27NO7/c1-14(16-12-19(27-3)22(29-5)20(13-16)28-4)15-8-9-17(26-2)18(11-15)30-10-6-7-21(24)23-25/h8-9,11-13,25H,1,6-7,10H2,2-5H3,(H,23,24). The van der Waals surface area contributed by atoms with E-state index in [4.69, 9.17) is 28.9 Å². The number of rotatable bonds is 11. The Morgan fingerprint density at radius 3 is 2.03 bits per heavy atom. The number of hydrogen-bond acceptors (Lipinski definition) is 7. The predicted octanol–water partition coefficient (Wildman–Crippen LogP) is 3.45. The van der Waals surface area contributed by atoms with Gasteiger partial charge in [-0.15, -0.1) is 0 Å². The lowest BCUT2D eigenvalue weighted by Gasteiger charge is -2.16. The van der Waals surface area contributed by atoms with Gasteiger partial charge in [0.1, 0.15) is 0 Å². The highest BCUT2D eigenvalue weighted by molar-refractivity contribution is 5.81. The van der Waals surface area contributed by atoms with Gasteiger partial charge < -0.3 is 23.7 Å². The molecule has 0 bridgehead atoms. The van der Waals surface area contributed by atoms with Crippen molar-refractivity contribution in [3.05, 3.63) is 48.0 Å². The van der Waals surface area contributed by atoms with Gasteiger partial charge >= 0.3 is 0 Å². The number of hydroxylamine groups is 1. The van der Waals surface area contributed by atoms with Gasteiger partial charge in [-0.05, 0) is 47.4 Å². The third-order valence-electron chi connectivity index (χ3n) is 4.46. The van der Waals surface area contributed by atoms with Crippen LogP contribution < -0.4 is 29.2 Å². The number of benzene rings is 2. The highest BCUT2D eigenvalue weighted by Gasteiger charge is 2.16. The van der Waals surface area contributed by atoms with Gasteiger partial charge in [0.05, 0.1) is 35.0 Å². The second-order valence-electron chi connectivity index (χ2n) is 6.25. The van der Waals surface area contributed by atoms with Crippen molar-refractivity contribution in [3.8, 4) is 28.7 Å². The van der Waals surface area contributed by atoms with E-state index in [0.29, 0.717) is 35.2 Å². The zero-order valence-electron chi connectivity index (χ0n) is 17.6. The molecule has 8 heteroatoms. The number of nitrogens with one attached hydrogen (secondary N) is 1. The Hall–Kier alpha value is -3.39. The third-order valence-corrected chi connectivity index (χ3v) is 4.46. The molecule has 2 N–H and O–H groups in total. The summed E-state index contributed by atoms with van der Waals surface area (Å²) in [5, 5.41) is 8.55. The van der Waals surface area contributed by atoms with E-state index in [2.05, 4.69) is 6.58 Å². The maximum atomic E-state index is 11.1. The lowest BCUT2D eigenvalue weighted by Crippen LogP contribution is -2.18. The largest absolute Gasteiger partial charge is 0.493 e. The molecule has 0 spiro atoms. The molecule has 0 fully saturated rings. The van der Waals surface area contributed by atoms with Crippen molar-refractivity contribution in [1.82, 2.24) is 5.48 Å². The van der Waals surface area contributed by atoms with Crippen molar-refractivity contribution in [2.24, 2.45) is 0 Å². The number of amides is 1. The monoisotopic (exact) mass is 417 g/mol. The summed E-state index contributed by atoms with van der Waals surface area (Å²) >= 11 is 0. The molecule has 0 saturated heterocycles. The highest BCUT2D eigenvalue weighted by atomic mass is 16.5. The molecule has 0 aliphatic carbocycles. The SMILES string of the molecule is C=C(c1ccc(OC)c(OCCCC(=O)NO)c1)c1cc(OC)c(OC)c(OC)c1. The zero-order chi connectivity index (χ0) is 22.1. The Morgan fingerprint density at radius 2 is 1.50 bits per heavy atom. The van der Waals surface area contributed by atoms with Crippen molar-refractivity contribution in [1.29, 1.82) is 0 Å². The summed E-state index contributed by atoms with van der Waals surface area (Å²) in [6.07, 6.45) is 0.588. The molecule has 1 amide bonds. The van der Waals surface area contributed by atoms with Gasteiger partial charge in [-0.3, -0.25) is 10.0 Å². The number of carbonyl (C=O) groups is 1. The van der Waals surface area contributed by atoms with Gasteiger partial charge in [0.2, 0.25) is 11.7 Å². The molecule has 162 valence electrons.